The van der Waals surface area contributed by atoms with Gasteiger partial charge in [-0.3, -0.25) is 0 Å². The van der Waals surface area contributed by atoms with Crippen molar-refractivity contribution >= 4 is 6.01 Å². The quantitative estimate of drug-likeness (QED) is 0.835. The Kier molecular flexibility index (Phi) is 2.52. The molecule has 84 valence electrons. The SMILES string of the molecule is COc1cc(C)c(C)cc1-c1nnc(N)o1. The first-order valence-electron chi connectivity index (χ1n) is 4.86. The molecule has 1 aromatic carbocycles. The van der Waals surface area contributed by atoms with E-state index in [0.717, 1.165) is 16.7 Å². The summed E-state index contributed by atoms with van der Waals surface area (Å²) in [5.41, 5.74) is 8.43. The van der Waals surface area contributed by atoms with Gasteiger partial charge < -0.3 is 14.9 Å². The van der Waals surface area contributed by atoms with E-state index in [1.165, 1.54) is 0 Å². The molecule has 0 aliphatic rings. The van der Waals surface area contributed by atoms with Gasteiger partial charge in [0.05, 0.1) is 12.7 Å². The van der Waals surface area contributed by atoms with Gasteiger partial charge in [0.25, 0.3) is 5.89 Å². The first-order valence-corrected chi connectivity index (χ1v) is 4.86. The molecule has 5 nitrogen and oxygen atoms in total. The van der Waals surface area contributed by atoms with Gasteiger partial charge in [-0.25, -0.2) is 0 Å². The van der Waals surface area contributed by atoms with Crippen LogP contribution >= 0.6 is 0 Å². The van der Waals surface area contributed by atoms with Crippen molar-refractivity contribution in [2.75, 3.05) is 12.8 Å². The Morgan fingerprint density at radius 1 is 1.19 bits per heavy atom. The van der Waals surface area contributed by atoms with Crippen LogP contribution < -0.4 is 10.5 Å². The van der Waals surface area contributed by atoms with Gasteiger partial charge in [-0.15, -0.1) is 5.10 Å². The Balaban J connectivity index is 2.59. The topological polar surface area (TPSA) is 74.2 Å². The van der Waals surface area contributed by atoms with E-state index in [-0.39, 0.29) is 6.01 Å². The molecule has 0 saturated heterocycles. The van der Waals surface area contributed by atoms with E-state index < -0.39 is 0 Å². The number of aromatic nitrogens is 2. The molecule has 2 aromatic rings. The van der Waals surface area contributed by atoms with Crippen LogP contribution in [0, 0.1) is 13.8 Å². The first-order chi connectivity index (χ1) is 7.61. The summed E-state index contributed by atoms with van der Waals surface area (Å²) in [6, 6.07) is 3.93. The number of hydrogen-bond acceptors (Lipinski definition) is 5. The maximum Gasteiger partial charge on any atom is 0.313 e. The van der Waals surface area contributed by atoms with E-state index in [1.54, 1.807) is 7.11 Å². The number of nitrogens with two attached hydrogens (primary N) is 1. The summed E-state index contributed by atoms with van der Waals surface area (Å²) < 4.78 is 10.5. The third-order valence-electron chi connectivity index (χ3n) is 2.49. The fourth-order valence-electron chi connectivity index (χ4n) is 1.47. The first kappa shape index (κ1) is 10.5. The predicted molar refractivity (Wildman–Crippen MR) is 60.2 cm³/mol. The van der Waals surface area contributed by atoms with Crippen molar-refractivity contribution in [1.82, 2.24) is 10.2 Å². The second-order valence-electron chi connectivity index (χ2n) is 3.58. The van der Waals surface area contributed by atoms with Crippen molar-refractivity contribution in [1.29, 1.82) is 0 Å². The second-order valence-corrected chi connectivity index (χ2v) is 3.58. The number of hydrogen-bond donors (Lipinski definition) is 1. The van der Waals surface area contributed by atoms with Gasteiger partial charge in [-0.2, -0.15) is 0 Å². The summed E-state index contributed by atoms with van der Waals surface area (Å²) in [6.07, 6.45) is 0. The lowest BCUT2D eigenvalue weighted by atomic mass is 10.1. The molecule has 0 aliphatic carbocycles. The Hall–Kier alpha value is -2.04. The van der Waals surface area contributed by atoms with E-state index >= 15 is 0 Å². The fraction of sp³-hybridized carbons (Fsp3) is 0.273. The zero-order valence-electron chi connectivity index (χ0n) is 9.44. The maximum absolute atomic E-state index is 5.39. The van der Waals surface area contributed by atoms with Crippen LogP contribution in [0.1, 0.15) is 11.1 Å². The minimum Gasteiger partial charge on any atom is -0.496 e. The normalized spacial score (nSPS) is 10.4. The van der Waals surface area contributed by atoms with Gasteiger partial charge >= 0.3 is 6.01 Å². The molecular weight excluding hydrogens is 206 g/mol. The number of rotatable bonds is 2. The molecule has 1 aromatic heterocycles. The molecule has 0 fully saturated rings. The van der Waals surface area contributed by atoms with Crippen LogP contribution in [0.15, 0.2) is 16.5 Å². The van der Waals surface area contributed by atoms with Gasteiger partial charge in [0.2, 0.25) is 0 Å². The summed E-state index contributed by atoms with van der Waals surface area (Å²) in [6.45, 7) is 4.03. The number of nitrogens with zero attached hydrogens (tertiary/aromatic N) is 2. The number of anilines is 1. The lowest BCUT2D eigenvalue weighted by Crippen LogP contribution is -1.91. The summed E-state index contributed by atoms with van der Waals surface area (Å²) >= 11 is 0. The average Bonchev–Trinajstić information content (AvgIpc) is 2.68. The molecule has 0 radical (unpaired) electrons. The van der Waals surface area contributed by atoms with Crippen LogP contribution in [0.2, 0.25) is 0 Å². The molecule has 0 atom stereocenters. The van der Waals surface area contributed by atoms with Crippen molar-refractivity contribution in [3.05, 3.63) is 23.3 Å². The molecule has 0 saturated carbocycles. The minimum atomic E-state index is 0.0512. The molecule has 0 bridgehead atoms. The third kappa shape index (κ3) is 1.71. The van der Waals surface area contributed by atoms with Crippen molar-refractivity contribution in [2.24, 2.45) is 0 Å². The van der Waals surface area contributed by atoms with Crippen molar-refractivity contribution < 1.29 is 9.15 Å². The van der Waals surface area contributed by atoms with Crippen molar-refractivity contribution in [3.8, 4) is 17.2 Å². The molecule has 2 N–H and O–H groups in total. The highest BCUT2D eigenvalue weighted by atomic mass is 16.5. The largest absolute Gasteiger partial charge is 0.496 e. The lowest BCUT2D eigenvalue weighted by Gasteiger charge is -2.08. The van der Waals surface area contributed by atoms with Crippen LogP contribution in [0.5, 0.6) is 5.75 Å². The van der Waals surface area contributed by atoms with E-state index in [2.05, 4.69) is 10.2 Å². The highest BCUT2D eigenvalue weighted by molar-refractivity contribution is 5.65. The number of ether oxygens (including phenoxy) is 1. The molecule has 1 heterocycles. The molecule has 0 amide bonds. The zero-order valence-corrected chi connectivity index (χ0v) is 9.44. The lowest BCUT2D eigenvalue weighted by molar-refractivity contribution is 0.414. The van der Waals surface area contributed by atoms with E-state index in [4.69, 9.17) is 14.9 Å². The summed E-state index contributed by atoms with van der Waals surface area (Å²) in [7, 11) is 1.60. The Morgan fingerprint density at radius 3 is 2.44 bits per heavy atom. The van der Waals surface area contributed by atoms with Gasteiger partial charge in [-0.05, 0) is 37.1 Å². The van der Waals surface area contributed by atoms with Crippen LogP contribution in [0.3, 0.4) is 0 Å². The molecule has 0 aliphatic heterocycles. The number of nitrogen functional groups attached to an aromatic ring is 1. The minimum absolute atomic E-state index is 0.0512. The fourth-order valence-corrected chi connectivity index (χ4v) is 1.47. The number of benzene rings is 1. The smallest absolute Gasteiger partial charge is 0.313 e. The third-order valence-corrected chi connectivity index (χ3v) is 2.49. The predicted octanol–water partition coefficient (Wildman–Crippen LogP) is 1.94. The van der Waals surface area contributed by atoms with Crippen LogP contribution in [-0.2, 0) is 0 Å². The van der Waals surface area contributed by atoms with Gasteiger partial charge in [0.1, 0.15) is 5.75 Å². The second kappa shape index (κ2) is 3.84. The standard InChI is InChI=1S/C11H13N3O2/c1-6-4-8(9(15-3)5-7(6)2)10-13-14-11(12)16-10/h4-5H,1-3H3,(H2,12,14). The van der Waals surface area contributed by atoms with Crippen molar-refractivity contribution in [2.45, 2.75) is 13.8 Å². The van der Waals surface area contributed by atoms with Gasteiger partial charge in [-0.1, -0.05) is 5.10 Å². The Morgan fingerprint density at radius 2 is 1.88 bits per heavy atom. The number of aryl methyl sites for hydroxylation is 2. The molecule has 0 spiro atoms. The monoisotopic (exact) mass is 219 g/mol. The molecule has 16 heavy (non-hydrogen) atoms. The van der Waals surface area contributed by atoms with Gasteiger partial charge in [0, 0.05) is 0 Å². The average molecular weight is 219 g/mol. The number of methoxy groups -OCH3 is 1. The van der Waals surface area contributed by atoms with Crippen molar-refractivity contribution in [3.63, 3.8) is 0 Å². The van der Waals surface area contributed by atoms with Gasteiger partial charge in [0.15, 0.2) is 0 Å². The summed E-state index contributed by atoms with van der Waals surface area (Å²) in [5, 5.41) is 7.47. The van der Waals surface area contributed by atoms with E-state index in [9.17, 15) is 0 Å². The zero-order chi connectivity index (χ0) is 11.7. The molecular formula is C11H13N3O2. The molecule has 2 rings (SSSR count). The van der Waals surface area contributed by atoms with Crippen LogP contribution in [0.4, 0.5) is 6.01 Å². The highest BCUT2D eigenvalue weighted by Crippen LogP contribution is 2.31. The Bertz CT molecular complexity index is 520. The van der Waals surface area contributed by atoms with Crippen LogP contribution in [-0.4, -0.2) is 17.3 Å². The molecule has 5 heteroatoms. The van der Waals surface area contributed by atoms with E-state index in [0.29, 0.717) is 11.6 Å². The Labute approximate surface area is 93.2 Å². The maximum atomic E-state index is 5.39. The van der Waals surface area contributed by atoms with E-state index in [1.807, 2.05) is 26.0 Å². The summed E-state index contributed by atoms with van der Waals surface area (Å²) in [4.78, 5) is 0. The summed E-state index contributed by atoms with van der Waals surface area (Å²) in [5.74, 6) is 1.07. The molecule has 0 unspecified atom stereocenters. The highest BCUT2D eigenvalue weighted by Gasteiger charge is 2.13. The van der Waals surface area contributed by atoms with Crippen LogP contribution in [0.25, 0.3) is 11.5 Å².